The molecule has 2 N–H and O–H groups in total. The third-order valence-electron chi connectivity index (χ3n) is 2.20. The minimum atomic E-state index is -0.384. The first kappa shape index (κ1) is 12.7. The van der Waals surface area contributed by atoms with Crippen LogP contribution < -0.4 is 10.1 Å². The van der Waals surface area contributed by atoms with E-state index in [0.717, 1.165) is 0 Å². The molecular formula is C11H19N3O2. The average molecular weight is 225 g/mol. The fourth-order valence-electron chi connectivity index (χ4n) is 1.11. The summed E-state index contributed by atoms with van der Waals surface area (Å²) < 4.78 is 5.25. The molecule has 0 amide bonds. The van der Waals surface area contributed by atoms with Crippen LogP contribution in [-0.4, -0.2) is 34.3 Å². The van der Waals surface area contributed by atoms with Crippen LogP contribution in [0.2, 0.25) is 0 Å². The molecule has 16 heavy (non-hydrogen) atoms. The van der Waals surface area contributed by atoms with E-state index in [4.69, 9.17) is 4.74 Å². The maximum absolute atomic E-state index is 9.62. The van der Waals surface area contributed by atoms with Crippen LogP contribution in [0, 0.1) is 5.92 Å². The van der Waals surface area contributed by atoms with Crippen LogP contribution in [0.25, 0.3) is 0 Å². The molecule has 0 radical (unpaired) electrons. The first-order valence-corrected chi connectivity index (χ1v) is 5.50. The van der Waals surface area contributed by atoms with Gasteiger partial charge >= 0.3 is 0 Å². The Labute approximate surface area is 95.9 Å². The monoisotopic (exact) mass is 225 g/mol. The van der Waals surface area contributed by atoms with Crippen molar-refractivity contribution < 1.29 is 9.84 Å². The van der Waals surface area contributed by atoms with Gasteiger partial charge in [-0.2, -0.15) is 0 Å². The molecule has 90 valence electrons. The number of rotatable bonds is 6. The fraction of sp³-hybridized carbons (Fsp3) is 0.636. The van der Waals surface area contributed by atoms with Crippen molar-refractivity contribution in [3.8, 4) is 5.88 Å². The minimum absolute atomic E-state index is 0.223. The zero-order valence-corrected chi connectivity index (χ0v) is 9.97. The predicted molar refractivity (Wildman–Crippen MR) is 62.5 cm³/mol. The topological polar surface area (TPSA) is 67.3 Å². The van der Waals surface area contributed by atoms with Crippen molar-refractivity contribution in [2.45, 2.75) is 26.9 Å². The van der Waals surface area contributed by atoms with Crippen molar-refractivity contribution in [1.82, 2.24) is 9.97 Å². The van der Waals surface area contributed by atoms with E-state index in [-0.39, 0.29) is 12.0 Å². The largest absolute Gasteiger partial charge is 0.478 e. The van der Waals surface area contributed by atoms with Gasteiger partial charge in [0.15, 0.2) is 0 Å². The Bertz CT molecular complexity index is 318. The molecule has 0 aromatic carbocycles. The number of aliphatic hydroxyl groups is 1. The second-order valence-electron chi connectivity index (χ2n) is 3.87. The molecule has 0 bridgehead atoms. The lowest BCUT2D eigenvalue weighted by Crippen LogP contribution is -2.25. The standard InChI is InChI=1S/C11H19N3O2/c1-4-16-11-5-10(13-7-14-11)12-6-9(15)8(2)3/h5,7-9,15H,4,6H2,1-3H3,(H,12,13,14). The quantitative estimate of drug-likeness (QED) is 0.764. The Morgan fingerprint density at radius 3 is 2.81 bits per heavy atom. The van der Waals surface area contributed by atoms with Crippen molar-refractivity contribution in [1.29, 1.82) is 0 Å². The van der Waals surface area contributed by atoms with Gasteiger partial charge in [0.2, 0.25) is 5.88 Å². The maximum Gasteiger partial charge on any atom is 0.218 e. The van der Waals surface area contributed by atoms with Crippen LogP contribution >= 0.6 is 0 Å². The van der Waals surface area contributed by atoms with Crippen molar-refractivity contribution in [2.75, 3.05) is 18.5 Å². The summed E-state index contributed by atoms with van der Waals surface area (Å²) in [5, 5.41) is 12.7. The number of ether oxygens (including phenoxy) is 1. The zero-order valence-electron chi connectivity index (χ0n) is 9.97. The fourth-order valence-corrected chi connectivity index (χ4v) is 1.11. The Morgan fingerprint density at radius 1 is 1.44 bits per heavy atom. The molecule has 5 heteroatoms. The van der Waals surface area contributed by atoms with Crippen LogP contribution in [0.3, 0.4) is 0 Å². The SMILES string of the molecule is CCOc1cc(NCC(O)C(C)C)ncn1. The van der Waals surface area contributed by atoms with E-state index in [1.165, 1.54) is 6.33 Å². The third-order valence-corrected chi connectivity index (χ3v) is 2.20. The van der Waals surface area contributed by atoms with Crippen molar-refractivity contribution in [2.24, 2.45) is 5.92 Å². The van der Waals surface area contributed by atoms with Crippen molar-refractivity contribution in [3.63, 3.8) is 0 Å². The summed E-state index contributed by atoms with van der Waals surface area (Å²) in [5.74, 6) is 1.43. The van der Waals surface area contributed by atoms with Crippen LogP contribution in [0.15, 0.2) is 12.4 Å². The molecule has 0 aliphatic heterocycles. The van der Waals surface area contributed by atoms with Gasteiger partial charge in [0.1, 0.15) is 12.1 Å². The molecule has 1 rings (SSSR count). The number of hydrogen-bond acceptors (Lipinski definition) is 5. The summed E-state index contributed by atoms with van der Waals surface area (Å²) in [6.45, 7) is 6.89. The highest BCUT2D eigenvalue weighted by Crippen LogP contribution is 2.11. The van der Waals surface area contributed by atoms with Gasteiger partial charge in [-0.3, -0.25) is 0 Å². The molecule has 1 aromatic heterocycles. The highest BCUT2D eigenvalue weighted by Gasteiger charge is 2.09. The Hall–Kier alpha value is -1.36. The molecule has 0 spiro atoms. The van der Waals surface area contributed by atoms with E-state index in [1.807, 2.05) is 20.8 Å². The van der Waals surface area contributed by atoms with E-state index in [2.05, 4.69) is 15.3 Å². The van der Waals surface area contributed by atoms with Gasteiger partial charge in [-0.15, -0.1) is 0 Å². The molecule has 0 aliphatic rings. The van der Waals surface area contributed by atoms with E-state index in [9.17, 15) is 5.11 Å². The molecule has 0 fully saturated rings. The molecule has 1 aromatic rings. The van der Waals surface area contributed by atoms with Crippen molar-refractivity contribution >= 4 is 5.82 Å². The van der Waals surface area contributed by atoms with Gasteiger partial charge in [-0.25, -0.2) is 9.97 Å². The smallest absolute Gasteiger partial charge is 0.218 e. The van der Waals surface area contributed by atoms with Crippen molar-refractivity contribution in [3.05, 3.63) is 12.4 Å². The zero-order chi connectivity index (χ0) is 12.0. The summed E-state index contributed by atoms with van der Waals surface area (Å²) in [6, 6.07) is 1.72. The molecule has 1 atom stereocenters. The number of hydrogen-bond donors (Lipinski definition) is 2. The number of anilines is 1. The number of nitrogens with one attached hydrogen (secondary N) is 1. The number of nitrogens with zero attached hydrogens (tertiary/aromatic N) is 2. The van der Waals surface area contributed by atoms with Crippen LogP contribution in [0.1, 0.15) is 20.8 Å². The first-order chi connectivity index (χ1) is 7.63. The van der Waals surface area contributed by atoms with Gasteiger partial charge in [-0.1, -0.05) is 13.8 Å². The first-order valence-electron chi connectivity index (χ1n) is 5.50. The average Bonchev–Trinajstić information content (AvgIpc) is 2.26. The molecule has 1 heterocycles. The second-order valence-corrected chi connectivity index (χ2v) is 3.87. The minimum Gasteiger partial charge on any atom is -0.478 e. The third kappa shape index (κ3) is 4.02. The summed E-state index contributed by atoms with van der Waals surface area (Å²) >= 11 is 0. The molecule has 0 aliphatic carbocycles. The normalized spacial score (nSPS) is 12.6. The van der Waals surface area contributed by atoms with Gasteiger partial charge in [0.05, 0.1) is 12.7 Å². The van der Waals surface area contributed by atoms with E-state index < -0.39 is 0 Å². The molecular weight excluding hydrogens is 206 g/mol. The maximum atomic E-state index is 9.62. The van der Waals surface area contributed by atoms with Gasteiger partial charge < -0.3 is 15.2 Å². The predicted octanol–water partition coefficient (Wildman–Crippen LogP) is 1.30. The van der Waals surface area contributed by atoms with Gasteiger partial charge in [0, 0.05) is 12.6 Å². The molecule has 0 saturated heterocycles. The van der Waals surface area contributed by atoms with Crippen LogP contribution in [-0.2, 0) is 0 Å². The Morgan fingerprint density at radius 2 is 2.19 bits per heavy atom. The highest BCUT2D eigenvalue weighted by atomic mass is 16.5. The van der Waals surface area contributed by atoms with E-state index in [1.54, 1.807) is 6.07 Å². The van der Waals surface area contributed by atoms with Gasteiger partial charge in [0.25, 0.3) is 0 Å². The lowest BCUT2D eigenvalue weighted by molar-refractivity contribution is 0.138. The lowest BCUT2D eigenvalue weighted by atomic mass is 10.1. The summed E-state index contributed by atoms with van der Waals surface area (Å²) in [4.78, 5) is 8.00. The Kier molecular flexibility index (Phi) is 4.98. The van der Waals surface area contributed by atoms with Crippen LogP contribution in [0.5, 0.6) is 5.88 Å². The number of aromatic nitrogens is 2. The Balaban J connectivity index is 2.50. The second kappa shape index (κ2) is 6.27. The van der Waals surface area contributed by atoms with Crippen LogP contribution in [0.4, 0.5) is 5.82 Å². The van der Waals surface area contributed by atoms with E-state index in [0.29, 0.717) is 24.8 Å². The summed E-state index contributed by atoms with van der Waals surface area (Å²) in [7, 11) is 0. The van der Waals surface area contributed by atoms with Gasteiger partial charge in [-0.05, 0) is 12.8 Å². The number of aliphatic hydroxyl groups excluding tert-OH is 1. The molecule has 5 nitrogen and oxygen atoms in total. The molecule has 1 unspecified atom stereocenters. The summed E-state index contributed by atoms with van der Waals surface area (Å²) in [6.07, 6.45) is 1.06. The van der Waals surface area contributed by atoms with E-state index >= 15 is 0 Å². The molecule has 0 saturated carbocycles. The lowest BCUT2D eigenvalue weighted by Gasteiger charge is -2.15. The highest BCUT2D eigenvalue weighted by molar-refractivity contribution is 5.37. The summed E-state index contributed by atoms with van der Waals surface area (Å²) in [5.41, 5.74) is 0.